The molecule has 0 aromatic heterocycles. The molecule has 1 aliphatic carbocycles. The minimum absolute atomic E-state index is 0.458. The SMILES string of the molecule is C=C/C=C\c1c2c(c3ccc(-c4cc(C=Nc5ccc6ccccc6c5C(=N)c5ccccc5)cc(-c5ccccc5)c4)c4cccc1c43)=CC=CC2. The Kier molecular flexibility index (Phi) is 8.26. The summed E-state index contributed by atoms with van der Waals surface area (Å²) in [5, 5.41) is 17.7. The summed E-state index contributed by atoms with van der Waals surface area (Å²) in [6, 6.07) is 50.9. The molecule has 0 radical (unpaired) electrons. The average Bonchev–Trinajstić information content (AvgIpc) is 3.23. The number of rotatable bonds is 8. The van der Waals surface area contributed by atoms with Gasteiger partial charge in [0.25, 0.3) is 0 Å². The van der Waals surface area contributed by atoms with Gasteiger partial charge in [-0.05, 0) is 107 Å². The number of allylic oxidation sites excluding steroid dienone is 4. The lowest BCUT2D eigenvalue weighted by Crippen LogP contribution is -2.15. The summed E-state index contributed by atoms with van der Waals surface area (Å²) < 4.78 is 0. The highest BCUT2D eigenvalue weighted by Crippen LogP contribution is 2.39. The Balaban J connectivity index is 1.24. The molecule has 0 unspecified atom stereocenters. The number of aliphatic imine (C=N–C) groups is 1. The second-order valence-electron chi connectivity index (χ2n) is 13.5. The molecule has 1 N–H and O–H groups in total. The van der Waals surface area contributed by atoms with Crippen molar-refractivity contribution in [1.82, 2.24) is 0 Å². The van der Waals surface area contributed by atoms with Crippen LogP contribution in [0.15, 0.2) is 181 Å². The lowest BCUT2D eigenvalue weighted by molar-refractivity contribution is 1.24. The molecular weight excluding hydrogens is 641 g/mol. The molecule has 1 aliphatic rings. The summed E-state index contributed by atoms with van der Waals surface area (Å²) in [7, 11) is 0. The first-order valence-electron chi connectivity index (χ1n) is 18.0. The number of hydrogen-bond acceptors (Lipinski definition) is 2. The van der Waals surface area contributed by atoms with Gasteiger partial charge < -0.3 is 0 Å². The van der Waals surface area contributed by atoms with Gasteiger partial charge in [0.2, 0.25) is 0 Å². The monoisotopic (exact) mass is 676 g/mol. The van der Waals surface area contributed by atoms with Gasteiger partial charge in [-0.3, -0.25) is 10.4 Å². The van der Waals surface area contributed by atoms with Crippen LogP contribution in [0.25, 0.3) is 66.7 Å². The van der Waals surface area contributed by atoms with E-state index in [0.717, 1.165) is 56.3 Å². The van der Waals surface area contributed by atoms with E-state index in [1.807, 2.05) is 66.9 Å². The van der Waals surface area contributed by atoms with Gasteiger partial charge in [-0.15, -0.1) is 0 Å². The van der Waals surface area contributed by atoms with E-state index in [4.69, 9.17) is 4.99 Å². The van der Waals surface area contributed by atoms with E-state index in [-0.39, 0.29) is 0 Å². The molecule has 0 spiro atoms. The van der Waals surface area contributed by atoms with Gasteiger partial charge in [0.1, 0.15) is 0 Å². The molecule has 0 aliphatic heterocycles. The van der Waals surface area contributed by atoms with E-state index in [1.165, 1.54) is 43.5 Å². The van der Waals surface area contributed by atoms with E-state index in [9.17, 15) is 5.41 Å². The van der Waals surface area contributed by atoms with E-state index < -0.39 is 0 Å². The van der Waals surface area contributed by atoms with Crippen molar-refractivity contribution in [3.63, 3.8) is 0 Å². The minimum atomic E-state index is 0.458. The van der Waals surface area contributed by atoms with Crippen molar-refractivity contribution in [1.29, 1.82) is 5.41 Å². The Hall–Kier alpha value is -6.90. The maximum absolute atomic E-state index is 9.32. The van der Waals surface area contributed by atoms with E-state index >= 15 is 0 Å². The molecule has 0 bridgehead atoms. The smallest absolute Gasteiger partial charge is 0.0730 e. The van der Waals surface area contributed by atoms with Crippen LogP contribution in [0.4, 0.5) is 5.69 Å². The molecule has 0 saturated heterocycles. The topological polar surface area (TPSA) is 36.2 Å². The van der Waals surface area contributed by atoms with Gasteiger partial charge in [-0.2, -0.15) is 0 Å². The maximum Gasteiger partial charge on any atom is 0.0730 e. The molecule has 250 valence electrons. The van der Waals surface area contributed by atoms with Gasteiger partial charge in [-0.25, -0.2) is 0 Å². The lowest BCUT2D eigenvalue weighted by atomic mass is 9.85. The molecule has 0 fully saturated rings. The first-order valence-corrected chi connectivity index (χ1v) is 18.0. The zero-order valence-corrected chi connectivity index (χ0v) is 29.3. The minimum Gasteiger partial charge on any atom is -0.300 e. The Morgan fingerprint density at radius 3 is 2.26 bits per heavy atom. The second-order valence-corrected chi connectivity index (χ2v) is 13.5. The summed E-state index contributed by atoms with van der Waals surface area (Å²) in [6.07, 6.45) is 15.7. The van der Waals surface area contributed by atoms with Crippen molar-refractivity contribution in [2.24, 2.45) is 4.99 Å². The van der Waals surface area contributed by atoms with Crippen LogP contribution in [-0.2, 0) is 6.42 Å². The van der Waals surface area contributed by atoms with E-state index in [1.54, 1.807) is 0 Å². The molecule has 8 aromatic carbocycles. The van der Waals surface area contributed by atoms with Crippen molar-refractivity contribution < 1.29 is 0 Å². The molecule has 8 aromatic rings. The van der Waals surface area contributed by atoms with Crippen molar-refractivity contribution in [3.8, 4) is 22.3 Å². The standard InChI is InChI=1S/C51H36N2/c1-2-3-20-43-42-22-12-13-23-44(42)47-28-27-40(45-24-14-25-46(43)49(45)47)39-31-34(30-38(32-39)35-15-6-4-7-16-35)33-53-48-29-26-36-17-10-11-21-41(36)50(48)51(52)37-18-8-5-9-19-37/h2-21,23-33,52H,1,22H2/b20-3-,52-51?,53-33?. The van der Waals surface area contributed by atoms with Crippen LogP contribution in [0.3, 0.4) is 0 Å². The van der Waals surface area contributed by atoms with Crippen LogP contribution < -0.4 is 5.22 Å². The Morgan fingerprint density at radius 1 is 0.660 bits per heavy atom. The third-order valence-electron chi connectivity index (χ3n) is 10.3. The summed E-state index contributed by atoms with van der Waals surface area (Å²) in [6.45, 7) is 3.95. The lowest BCUT2D eigenvalue weighted by Gasteiger charge is -2.19. The highest BCUT2D eigenvalue weighted by Gasteiger charge is 2.18. The largest absolute Gasteiger partial charge is 0.300 e. The molecule has 9 rings (SSSR count). The molecule has 0 atom stereocenters. The van der Waals surface area contributed by atoms with Crippen LogP contribution in [0, 0.1) is 5.41 Å². The number of nitrogens with one attached hydrogen (secondary N) is 1. The van der Waals surface area contributed by atoms with Gasteiger partial charge >= 0.3 is 0 Å². The highest BCUT2D eigenvalue weighted by molar-refractivity contribution is 6.21. The summed E-state index contributed by atoms with van der Waals surface area (Å²) >= 11 is 0. The zero-order valence-electron chi connectivity index (χ0n) is 29.3. The van der Waals surface area contributed by atoms with Crippen molar-refractivity contribution in [2.75, 3.05) is 0 Å². The van der Waals surface area contributed by atoms with Crippen molar-refractivity contribution in [2.45, 2.75) is 6.42 Å². The summed E-state index contributed by atoms with van der Waals surface area (Å²) in [5.74, 6) is 0. The average molecular weight is 677 g/mol. The van der Waals surface area contributed by atoms with E-state index in [0.29, 0.717) is 5.71 Å². The number of nitrogens with zero attached hydrogens (tertiary/aromatic N) is 1. The van der Waals surface area contributed by atoms with Gasteiger partial charge in [0, 0.05) is 17.3 Å². The van der Waals surface area contributed by atoms with Crippen LogP contribution in [0.2, 0.25) is 0 Å². The van der Waals surface area contributed by atoms with Crippen molar-refractivity contribution in [3.05, 3.63) is 210 Å². The fourth-order valence-electron chi connectivity index (χ4n) is 7.90. The summed E-state index contributed by atoms with van der Waals surface area (Å²) in [4.78, 5) is 5.14. The first kappa shape index (κ1) is 32.0. The second kappa shape index (κ2) is 13.7. The molecule has 0 amide bonds. The zero-order chi connectivity index (χ0) is 35.7. The van der Waals surface area contributed by atoms with Crippen LogP contribution in [0.1, 0.15) is 27.8 Å². The highest BCUT2D eigenvalue weighted by atomic mass is 14.7. The molecule has 0 saturated carbocycles. The molecule has 2 nitrogen and oxygen atoms in total. The molecular formula is C51H36N2. The Morgan fingerprint density at radius 2 is 1.42 bits per heavy atom. The predicted molar refractivity (Wildman–Crippen MR) is 228 cm³/mol. The number of hydrogen-bond donors (Lipinski definition) is 1. The van der Waals surface area contributed by atoms with Crippen LogP contribution >= 0.6 is 0 Å². The van der Waals surface area contributed by atoms with Gasteiger partial charge in [-0.1, -0.05) is 164 Å². The normalized spacial score (nSPS) is 12.5. The first-order chi connectivity index (χ1) is 26.2. The molecule has 0 heterocycles. The number of benzene rings is 8. The van der Waals surface area contributed by atoms with Crippen LogP contribution in [-0.4, -0.2) is 11.9 Å². The van der Waals surface area contributed by atoms with Gasteiger partial charge in [0.05, 0.1) is 11.4 Å². The summed E-state index contributed by atoms with van der Waals surface area (Å²) in [5.41, 5.74) is 11.1. The number of fused-ring (bicyclic) bond motifs is 3. The maximum atomic E-state index is 9.32. The Bertz CT molecular complexity index is 2870. The molecule has 2 heteroatoms. The van der Waals surface area contributed by atoms with E-state index in [2.05, 4.69) is 128 Å². The molecule has 53 heavy (non-hydrogen) atoms. The third-order valence-corrected chi connectivity index (χ3v) is 10.3. The van der Waals surface area contributed by atoms with Gasteiger partial charge in [0.15, 0.2) is 0 Å². The van der Waals surface area contributed by atoms with Crippen molar-refractivity contribution >= 4 is 62.1 Å². The Labute approximate surface area is 309 Å². The van der Waals surface area contributed by atoms with Crippen LogP contribution in [0.5, 0.6) is 0 Å². The fourth-order valence-corrected chi connectivity index (χ4v) is 7.90. The predicted octanol–water partition coefficient (Wildman–Crippen LogP) is 12.5. The fraction of sp³-hybridized carbons (Fsp3) is 0.0196. The quantitative estimate of drug-likeness (QED) is 0.123. The third kappa shape index (κ3) is 5.81.